The predicted molar refractivity (Wildman–Crippen MR) is 72.1 cm³/mol. The Labute approximate surface area is 116 Å². The molecule has 0 atom stereocenters. The van der Waals surface area contributed by atoms with Gasteiger partial charge in [-0.1, -0.05) is 20.8 Å². The number of rotatable bonds is 4. The number of sulfonamides is 1. The molecule has 0 aliphatic carbocycles. The van der Waals surface area contributed by atoms with Crippen LogP contribution in [0.15, 0.2) is 17.0 Å². The molecule has 0 amide bonds. The Morgan fingerprint density at radius 1 is 1.40 bits per heavy atom. The minimum atomic E-state index is -4.17. The number of nitrogen functional groups attached to an aromatic ring is 1. The molecule has 0 saturated heterocycles. The summed E-state index contributed by atoms with van der Waals surface area (Å²) in [6, 6.07) is 1.34. The van der Waals surface area contributed by atoms with E-state index in [9.17, 15) is 22.9 Å². The summed E-state index contributed by atoms with van der Waals surface area (Å²) in [6.07, 6.45) is 0. The lowest BCUT2D eigenvalue weighted by molar-refractivity contribution is -0.385. The molecule has 0 radical (unpaired) electrons. The highest BCUT2D eigenvalue weighted by Gasteiger charge is 2.27. The highest BCUT2D eigenvalue weighted by molar-refractivity contribution is 7.89. The summed E-state index contributed by atoms with van der Waals surface area (Å²) in [5.74, 6) is -1.25. The van der Waals surface area contributed by atoms with E-state index in [4.69, 9.17) is 5.73 Å². The minimum Gasteiger partial charge on any atom is -0.397 e. The number of nitrogens with zero attached hydrogens (tertiary/aromatic N) is 1. The number of nitrogens with two attached hydrogens (primary N) is 1. The third-order valence-electron chi connectivity index (χ3n) is 2.33. The summed E-state index contributed by atoms with van der Waals surface area (Å²) in [5.41, 5.74) is 3.97. The number of anilines is 1. The maximum Gasteiger partial charge on any atom is 0.274 e. The molecule has 1 aromatic carbocycles. The molecule has 1 aromatic rings. The zero-order chi connectivity index (χ0) is 15.7. The molecule has 3 N–H and O–H groups in total. The molecule has 9 heteroatoms. The fourth-order valence-corrected chi connectivity index (χ4v) is 2.82. The topological polar surface area (TPSA) is 115 Å². The van der Waals surface area contributed by atoms with Crippen LogP contribution in [0.1, 0.15) is 20.8 Å². The van der Waals surface area contributed by atoms with Gasteiger partial charge in [0.05, 0.1) is 16.7 Å². The number of hydrogen-bond acceptors (Lipinski definition) is 5. The van der Waals surface area contributed by atoms with Gasteiger partial charge in [0.15, 0.2) is 5.82 Å². The first-order valence-electron chi connectivity index (χ1n) is 5.67. The van der Waals surface area contributed by atoms with E-state index in [1.54, 1.807) is 20.8 Å². The maximum atomic E-state index is 13.8. The van der Waals surface area contributed by atoms with Gasteiger partial charge in [-0.05, 0) is 5.41 Å². The van der Waals surface area contributed by atoms with Gasteiger partial charge in [0.1, 0.15) is 4.90 Å². The number of nitro benzene ring substituents is 1. The molecule has 0 saturated carbocycles. The van der Waals surface area contributed by atoms with Crippen molar-refractivity contribution in [2.24, 2.45) is 5.41 Å². The van der Waals surface area contributed by atoms with E-state index >= 15 is 0 Å². The van der Waals surface area contributed by atoms with Crippen LogP contribution < -0.4 is 10.5 Å². The first kappa shape index (κ1) is 16.3. The number of halogens is 1. The largest absolute Gasteiger partial charge is 0.397 e. The highest BCUT2D eigenvalue weighted by atomic mass is 32.2. The van der Waals surface area contributed by atoms with Crippen LogP contribution >= 0.6 is 0 Å². The molecule has 0 fully saturated rings. The molecule has 0 aromatic heterocycles. The van der Waals surface area contributed by atoms with Crippen LogP contribution in [-0.2, 0) is 10.0 Å². The number of non-ortho nitro benzene ring substituents is 1. The van der Waals surface area contributed by atoms with Gasteiger partial charge in [0, 0.05) is 12.6 Å². The summed E-state index contributed by atoms with van der Waals surface area (Å²) in [6.45, 7) is 5.46. The van der Waals surface area contributed by atoms with Crippen LogP contribution in [0.5, 0.6) is 0 Å². The van der Waals surface area contributed by atoms with Crippen LogP contribution in [-0.4, -0.2) is 19.9 Å². The van der Waals surface area contributed by atoms with Crippen LogP contribution in [0.2, 0.25) is 0 Å². The summed E-state index contributed by atoms with van der Waals surface area (Å²) in [5, 5.41) is 10.5. The van der Waals surface area contributed by atoms with Crippen molar-refractivity contribution in [3.05, 3.63) is 28.1 Å². The van der Waals surface area contributed by atoms with Crippen molar-refractivity contribution in [3.8, 4) is 0 Å². The van der Waals surface area contributed by atoms with E-state index in [2.05, 4.69) is 4.72 Å². The standard InChI is InChI=1S/C11H16FN3O4S/c1-11(2,3)6-14-20(18,19)10-8(12)4-7(15(16)17)5-9(10)13/h4-5,14H,6,13H2,1-3H3. The van der Waals surface area contributed by atoms with Crippen LogP contribution in [0.25, 0.3) is 0 Å². The van der Waals surface area contributed by atoms with Crippen molar-refractivity contribution in [1.29, 1.82) is 0 Å². The lowest BCUT2D eigenvalue weighted by atomic mass is 9.98. The second-order valence-electron chi connectivity index (χ2n) is 5.49. The number of benzene rings is 1. The van der Waals surface area contributed by atoms with Crippen molar-refractivity contribution in [2.75, 3.05) is 12.3 Å². The van der Waals surface area contributed by atoms with Crippen LogP contribution in [0.3, 0.4) is 0 Å². The second-order valence-corrected chi connectivity index (χ2v) is 7.19. The quantitative estimate of drug-likeness (QED) is 0.498. The third-order valence-corrected chi connectivity index (χ3v) is 3.82. The lowest BCUT2D eigenvalue weighted by Crippen LogP contribution is -2.33. The zero-order valence-corrected chi connectivity index (χ0v) is 12.1. The first-order chi connectivity index (χ1) is 8.94. The summed E-state index contributed by atoms with van der Waals surface area (Å²) in [4.78, 5) is 8.92. The van der Waals surface area contributed by atoms with Gasteiger partial charge in [0.25, 0.3) is 5.69 Å². The minimum absolute atomic E-state index is 0.0746. The fraction of sp³-hybridized carbons (Fsp3) is 0.455. The molecule has 7 nitrogen and oxygen atoms in total. The van der Waals surface area contributed by atoms with Crippen LogP contribution in [0, 0.1) is 21.3 Å². The molecular formula is C11H16FN3O4S. The molecule has 1 rings (SSSR count). The van der Waals surface area contributed by atoms with Gasteiger partial charge in [-0.2, -0.15) is 0 Å². The Hall–Kier alpha value is -1.74. The number of hydrogen-bond donors (Lipinski definition) is 2. The van der Waals surface area contributed by atoms with Crippen molar-refractivity contribution in [1.82, 2.24) is 4.72 Å². The Kier molecular flexibility index (Phi) is 4.35. The van der Waals surface area contributed by atoms with Crippen molar-refractivity contribution >= 4 is 21.4 Å². The highest BCUT2D eigenvalue weighted by Crippen LogP contribution is 2.27. The number of nitrogens with one attached hydrogen (secondary N) is 1. The lowest BCUT2D eigenvalue weighted by Gasteiger charge is -2.19. The van der Waals surface area contributed by atoms with Gasteiger partial charge in [-0.3, -0.25) is 10.1 Å². The normalized spacial score (nSPS) is 12.4. The summed E-state index contributed by atoms with van der Waals surface area (Å²) in [7, 11) is -4.17. The molecule has 0 aliphatic rings. The molecule has 0 spiro atoms. The zero-order valence-electron chi connectivity index (χ0n) is 11.3. The molecule has 0 heterocycles. The SMILES string of the molecule is CC(C)(C)CNS(=O)(=O)c1c(N)cc([N+](=O)[O-])cc1F. The van der Waals surface area contributed by atoms with Gasteiger partial charge in [0.2, 0.25) is 10.0 Å². The van der Waals surface area contributed by atoms with Crippen molar-refractivity contribution < 1.29 is 17.7 Å². The second kappa shape index (κ2) is 5.33. The Morgan fingerprint density at radius 3 is 2.35 bits per heavy atom. The molecule has 20 heavy (non-hydrogen) atoms. The van der Waals surface area contributed by atoms with Crippen LogP contribution in [0.4, 0.5) is 15.8 Å². The Morgan fingerprint density at radius 2 is 1.95 bits per heavy atom. The predicted octanol–water partition coefficient (Wildman–Crippen LogP) is 1.64. The third kappa shape index (κ3) is 3.87. The van der Waals surface area contributed by atoms with E-state index in [-0.39, 0.29) is 12.0 Å². The van der Waals surface area contributed by atoms with E-state index in [0.29, 0.717) is 6.07 Å². The first-order valence-corrected chi connectivity index (χ1v) is 7.15. The fourth-order valence-electron chi connectivity index (χ4n) is 1.37. The average molecular weight is 305 g/mol. The monoisotopic (exact) mass is 305 g/mol. The van der Waals surface area contributed by atoms with E-state index in [1.807, 2.05) is 0 Å². The van der Waals surface area contributed by atoms with E-state index in [0.717, 1.165) is 6.07 Å². The Bertz CT molecular complexity index is 615. The summed E-state index contributed by atoms with van der Waals surface area (Å²) < 4.78 is 40.0. The molecule has 0 bridgehead atoms. The molecule has 0 aliphatic heterocycles. The summed E-state index contributed by atoms with van der Waals surface area (Å²) >= 11 is 0. The molecule has 112 valence electrons. The average Bonchev–Trinajstić information content (AvgIpc) is 2.24. The molecule has 0 unspecified atom stereocenters. The van der Waals surface area contributed by atoms with Gasteiger partial charge in [-0.15, -0.1) is 0 Å². The Balaban J connectivity index is 3.23. The maximum absolute atomic E-state index is 13.8. The number of nitro groups is 1. The van der Waals surface area contributed by atoms with Gasteiger partial charge in [-0.25, -0.2) is 17.5 Å². The molecular weight excluding hydrogens is 289 g/mol. The smallest absolute Gasteiger partial charge is 0.274 e. The van der Waals surface area contributed by atoms with Gasteiger partial charge >= 0.3 is 0 Å². The van der Waals surface area contributed by atoms with Crippen molar-refractivity contribution in [2.45, 2.75) is 25.7 Å². The van der Waals surface area contributed by atoms with E-state index < -0.39 is 37.0 Å². The van der Waals surface area contributed by atoms with Crippen molar-refractivity contribution in [3.63, 3.8) is 0 Å². The van der Waals surface area contributed by atoms with E-state index in [1.165, 1.54) is 0 Å². The van der Waals surface area contributed by atoms with Gasteiger partial charge < -0.3 is 5.73 Å².